The molecule has 0 atom stereocenters. The summed E-state index contributed by atoms with van der Waals surface area (Å²) < 4.78 is 1.40. The van der Waals surface area contributed by atoms with Gasteiger partial charge < -0.3 is 15.5 Å². The molecule has 21 heavy (non-hydrogen) atoms. The Bertz CT molecular complexity index is 513. The van der Waals surface area contributed by atoms with Crippen LogP contribution in [-0.2, 0) is 6.54 Å². The van der Waals surface area contributed by atoms with Crippen LogP contribution in [0, 0.1) is 0 Å². The van der Waals surface area contributed by atoms with E-state index in [0.29, 0.717) is 12.2 Å². The zero-order valence-corrected chi connectivity index (χ0v) is 13.5. The first-order chi connectivity index (χ1) is 10.1. The highest BCUT2D eigenvalue weighted by Crippen LogP contribution is 2.18. The zero-order valence-electron chi connectivity index (χ0n) is 12.7. The van der Waals surface area contributed by atoms with E-state index in [9.17, 15) is 4.79 Å². The van der Waals surface area contributed by atoms with E-state index in [2.05, 4.69) is 15.7 Å². The van der Waals surface area contributed by atoms with Crippen LogP contribution in [0.4, 0.5) is 5.69 Å². The monoisotopic (exact) mass is 313 g/mol. The Morgan fingerprint density at radius 2 is 2.19 bits per heavy atom. The van der Waals surface area contributed by atoms with Crippen molar-refractivity contribution in [3.8, 4) is 0 Å². The van der Waals surface area contributed by atoms with Crippen molar-refractivity contribution in [1.29, 1.82) is 0 Å². The van der Waals surface area contributed by atoms with Crippen LogP contribution in [0.2, 0.25) is 5.02 Å². The van der Waals surface area contributed by atoms with Gasteiger partial charge >= 0.3 is 0 Å². The fourth-order valence-corrected chi connectivity index (χ4v) is 2.16. The van der Waals surface area contributed by atoms with Gasteiger partial charge in [-0.05, 0) is 39.9 Å². The minimum absolute atomic E-state index is 0.221. The molecule has 1 fully saturated rings. The van der Waals surface area contributed by atoms with Gasteiger partial charge in [0.2, 0.25) is 0 Å². The van der Waals surface area contributed by atoms with Crippen molar-refractivity contribution in [2.24, 2.45) is 0 Å². The third-order valence-electron chi connectivity index (χ3n) is 3.42. The van der Waals surface area contributed by atoms with E-state index in [1.54, 1.807) is 6.20 Å². The second-order valence-electron chi connectivity index (χ2n) is 5.71. The number of halogens is 1. The summed E-state index contributed by atoms with van der Waals surface area (Å²) >= 11 is 6.12. The highest BCUT2D eigenvalue weighted by molar-refractivity contribution is 6.32. The third kappa shape index (κ3) is 5.30. The van der Waals surface area contributed by atoms with E-state index < -0.39 is 0 Å². The van der Waals surface area contributed by atoms with Gasteiger partial charge in [-0.1, -0.05) is 11.6 Å². The van der Waals surface area contributed by atoms with Gasteiger partial charge in [-0.25, -0.2) is 4.68 Å². The molecule has 1 aliphatic carbocycles. The number of nitrogens with zero attached hydrogens (tertiary/aromatic N) is 3. The molecule has 0 amide bonds. The fourth-order valence-electron chi connectivity index (χ4n) is 1.95. The summed E-state index contributed by atoms with van der Waals surface area (Å²) in [6, 6.07) is 0.732. The molecule has 2 rings (SSSR count). The molecule has 6 nitrogen and oxygen atoms in total. The maximum Gasteiger partial charge on any atom is 0.287 e. The molecule has 0 unspecified atom stereocenters. The van der Waals surface area contributed by atoms with Crippen LogP contribution in [0.3, 0.4) is 0 Å². The Hall–Kier alpha value is -1.11. The average molecular weight is 314 g/mol. The van der Waals surface area contributed by atoms with Gasteiger partial charge in [0.1, 0.15) is 5.02 Å². The summed E-state index contributed by atoms with van der Waals surface area (Å²) in [5.41, 5.74) is 0.383. The molecule has 1 heterocycles. The number of hydrogen-bond donors (Lipinski definition) is 2. The summed E-state index contributed by atoms with van der Waals surface area (Å²) in [5.74, 6) is 0. The Kier molecular flexibility index (Phi) is 6.02. The van der Waals surface area contributed by atoms with Crippen molar-refractivity contribution in [3.05, 3.63) is 21.6 Å². The first-order valence-electron chi connectivity index (χ1n) is 7.45. The lowest BCUT2D eigenvalue weighted by molar-refractivity contribution is 0.367. The predicted molar refractivity (Wildman–Crippen MR) is 86.2 cm³/mol. The number of nitrogens with one attached hydrogen (secondary N) is 2. The second kappa shape index (κ2) is 7.77. The molecule has 7 heteroatoms. The van der Waals surface area contributed by atoms with E-state index in [-0.39, 0.29) is 10.6 Å². The van der Waals surface area contributed by atoms with Crippen LogP contribution in [0.25, 0.3) is 0 Å². The second-order valence-corrected chi connectivity index (χ2v) is 6.09. The predicted octanol–water partition coefficient (Wildman–Crippen LogP) is 1.01. The highest BCUT2D eigenvalue weighted by Gasteiger charge is 2.19. The fraction of sp³-hybridized carbons (Fsp3) is 0.714. The van der Waals surface area contributed by atoms with Gasteiger partial charge in [0.15, 0.2) is 0 Å². The summed E-state index contributed by atoms with van der Waals surface area (Å²) in [4.78, 5) is 14.1. The van der Waals surface area contributed by atoms with E-state index in [0.717, 1.165) is 32.1 Å². The van der Waals surface area contributed by atoms with Crippen LogP contribution >= 0.6 is 11.6 Å². The van der Waals surface area contributed by atoms with Gasteiger partial charge in [0.05, 0.1) is 18.4 Å². The quantitative estimate of drug-likeness (QED) is 0.666. The molecule has 118 valence electrons. The van der Waals surface area contributed by atoms with Crippen molar-refractivity contribution < 1.29 is 0 Å². The Morgan fingerprint density at radius 1 is 1.43 bits per heavy atom. The molecule has 1 aromatic heterocycles. The summed E-state index contributed by atoms with van der Waals surface area (Å²) in [6.07, 6.45) is 5.23. The first kappa shape index (κ1) is 16.3. The molecule has 0 bridgehead atoms. The van der Waals surface area contributed by atoms with Gasteiger partial charge in [-0.15, -0.1) is 0 Å². The highest BCUT2D eigenvalue weighted by atomic mass is 35.5. The molecule has 0 spiro atoms. The van der Waals surface area contributed by atoms with Crippen LogP contribution < -0.4 is 16.2 Å². The lowest BCUT2D eigenvalue weighted by atomic mass is 10.3. The topological polar surface area (TPSA) is 62.2 Å². The number of hydrogen-bond acceptors (Lipinski definition) is 5. The van der Waals surface area contributed by atoms with Crippen molar-refractivity contribution in [1.82, 2.24) is 20.0 Å². The third-order valence-corrected chi connectivity index (χ3v) is 3.79. The van der Waals surface area contributed by atoms with Crippen molar-refractivity contribution in [3.63, 3.8) is 0 Å². The summed E-state index contributed by atoms with van der Waals surface area (Å²) in [7, 11) is 3.91. The number of aromatic nitrogens is 2. The van der Waals surface area contributed by atoms with Gasteiger partial charge in [0, 0.05) is 19.1 Å². The SMILES string of the molecule is CN(C)CCn1ncc(NCCCNC2CC2)c(Cl)c1=O. The summed E-state index contributed by atoms with van der Waals surface area (Å²) in [5, 5.41) is 11.0. The van der Waals surface area contributed by atoms with Crippen LogP contribution in [0.1, 0.15) is 19.3 Å². The Morgan fingerprint density at radius 3 is 2.86 bits per heavy atom. The molecule has 1 aliphatic rings. The van der Waals surface area contributed by atoms with E-state index >= 15 is 0 Å². The van der Waals surface area contributed by atoms with Crippen molar-refractivity contribution in [2.45, 2.75) is 31.8 Å². The first-order valence-corrected chi connectivity index (χ1v) is 7.83. The van der Waals surface area contributed by atoms with E-state index in [4.69, 9.17) is 11.6 Å². The largest absolute Gasteiger partial charge is 0.382 e. The maximum absolute atomic E-state index is 12.1. The van der Waals surface area contributed by atoms with E-state index in [1.165, 1.54) is 17.5 Å². The zero-order chi connectivity index (χ0) is 15.2. The minimum Gasteiger partial charge on any atom is -0.382 e. The average Bonchev–Trinajstić information content (AvgIpc) is 3.26. The Labute approximate surface area is 130 Å². The van der Waals surface area contributed by atoms with Crippen LogP contribution in [0.15, 0.2) is 11.0 Å². The standard InChI is InChI=1S/C14H24ClN5O/c1-19(2)8-9-20-14(21)13(15)12(10-18-20)17-7-3-6-16-11-4-5-11/h10-11,16-17H,3-9H2,1-2H3. The van der Waals surface area contributed by atoms with Gasteiger partial charge in [0.25, 0.3) is 5.56 Å². The molecule has 0 radical (unpaired) electrons. The smallest absolute Gasteiger partial charge is 0.287 e. The van der Waals surface area contributed by atoms with E-state index in [1.807, 2.05) is 19.0 Å². The molecule has 0 saturated heterocycles. The molecular formula is C14H24ClN5O. The number of likely N-dealkylation sites (N-methyl/N-ethyl adjacent to an activating group) is 1. The van der Waals surface area contributed by atoms with Crippen molar-refractivity contribution >= 4 is 17.3 Å². The normalized spacial score (nSPS) is 14.7. The molecule has 0 aromatic carbocycles. The molecule has 1 aromatic rings. The number of anilines is 1. The molecule has 0 aliphatic heterocycles. The molecular weight excluding hydrogens is 290 g/mol. The number of rotatable bonds is 9. The minimum atomic E-state index is -0.236. The molecule has 2 N–H and O–H groups in total. The summed E-state index contributed by atoms with van der Waals surface area (Å²) in [6.45, 7) is 3.06. The van der Waals surface area contributed by atoms with Gasteiger partial charge in [-0.2, -0.15) is 5.10 Å². The van der Waals surface area contributed by atoms with Crippen LogP contribution in [0.5, 0.6) is 0 Å². The lowest BCUT2D eigenvalue weighted by Crippen LogP contribution is -2.29. The van der Waals surface area contributed by atoms with Crippen LogP contribution in [-0.4, -0.2) is 54.5 Å². The lowest BCUT2D eigenvalue weighted by Gasteiger charge is -2.12. The molecule has 1 saturated carbocycles. The van der Waals surface area contributed by atoms with Crippen molar-refractivity contribution in [2.75, 3.05) is 39.0 Å². The Balaban J connectivity index is 1.82. The maximum atomic E-state index is 12.1. The van der Waals surface area contributed by atoms with Gasteiger partial charge in [-0.3, -0.25) is 4.79 Å².